The Kier molecular flexibility index (Phi) is 3.71. The lowest BCUT2D eigenvalue weighted by Crippen LogP contribution is -2.47. The number of amides is 1. The van der Waals surface area contributed by atoms with Crippen LogP contribution in [0, 0.1) is 11.3 Å². The highest BCUT2D eigenvalue weighted by Crippen LogP contribution is 2.40. The number of piperidine rings is 1. The van der Waals surface area contributed by atoms with Crippen LogP contribution in [0.3, 0.4) is 0 Å². The number of nitriles is 1. The van der Waals surface area contributed by atoms with Crippen molar-refractivity contribution in [2.24, 2.45) is 0 Å². The summed E-state index contributed by atoms with van der Waals surface area (Å²) in [6.45, 7) is 0. The summed E-state index contributed by atoms with van der Waals surface area (Å²) in [7, 11) is 0. The van der Waals surface area contributed by atoms with Gasteiger partial charge in [0.15, 0.2) is 0 Å². The fourth-order valence-electron chi connectivity index (χ4n) is 3.49. The van der Waals surface area contributed by atoms with Gasteiger partial charge in [-0.15, -0.1) is 0 Å². The van der Waals surface area contributed by atoms with Gasteiger partial charge in [-0.05, 0) is 56.2 Å². The fraction of sp³-hybridized carbons (Fsp3) is 0.500. The predicted molar refractivity (Wildman–Crippen MR) is 80.7 cm³/mol. The van der Waals surface area contributed by atoms with Gasteiger partial charge in [0.1, 0.15) is 0 Å². The molecule has 2 heterocycles. The van der Waals surface area contributed by atoms with Crippen LogP contribution < -0.4 is 0 Å². The van der Waals surface area contributed by atoms with E-state index < -0.39 is 0 Å². The number of nitrogens with zero attached hydrogens (tertiary/aromatic N) is 2. The smallest absolute Gasteiger partial charge is 0.254 e. The molecule has 0 N–H and O–H groups in total. The third-order valence-corrected chi connectivity index (χ3v) is 5.57. The van der Waals surface area contributed by atoms with Crippen molar-refractivity contribution in [2.45, 2.75) is 43.0 Å². The van der Waals surface area contributed by atoms with E-state index in [9.17, 15) is 4.79 Å². The van der Waals surface area contributed by atoms with Crippen molar-refractivity contribution in [1.29, 1.82) is 5.26 Å². The molecule has 1 amide bonds. The van der Waals surface area contributed by atoms with Gasteiger partial charge in [-0.2, -0.15) is 17.0 Å². The van der Waals surface area contributed by atoms with Crippen LogP contribution in [0.4, 0.5) is 0 Å². The molecule has 3 rings (SSSR count). The monoisotopic (exact) mass is 286 g/mol. The standard InChI is InChI=1S/C16H18N2OS/c1-20-15-8-13-6-7-14(9-15)18(13)16(19)12-4-2-11(10-17)3-5-12/h2-5,13-15H,6-9H2,1H3. The van der Waals surface area contributed by atoms with E-state index in [1.54, 1.807) is 24.3 Å². The molecule has 0 aromatic heterocycles. The van der Waals surface area contributed by atoms with E-state index in [2.05, 4.69) is 17.2 Å². The van der Waals surface area contributed by atoms with Crippen LogP contribution >= 0.6 is 11.8 Å². The van der Waals surface area contributed by atoms with E-state index in [-0.39, 0.29) is 5.91 Å². The van der Waals surface area contributed by atoms with Crippen molar-refractivity contribution < 1.29 is 4.79 Å². The van der Waals surface area contributed by atoms with Gasteiger partial charge in [0.2, 0.25) is 0 Å². The zero-order chi connectivity index (χ0) is 14.1. The van der Waals surface area contributed by atoms with E-state index >= 15 is 0 Å². The van der Waals surface area contributed by atoms with Gasteiger partial charge in [0.05, 0.1) is 11.6 Å². The van der Waals surface area contributed by atoms with Crippen molar-refractivity contribution in [2.75, 3.05) is 6.26 Å². The summed E-state index contributed by atoms with van der Waals surface area (Å²) >= 11 is 1.93. The topological polar surface area (TPSA) is 44.1 Å². The Bertz CT molecular complexity index is 535. The summed E-state index contributed by atoms with van der Waals surface area (Å²) in [6, 6.07) is 9.92. The zero-order valence-corrected chi connectivity index (χ0v) is 12.4. The predicted octanol–water partition coefficient (Wildman–Crippen LogP) is 3.06. The molecule has 1 aromatic rings. The number of carbonyl (C=O) groups excluding carboxylic acids is 1. The summed E-state index contributed by atoms with van der Waals surface area (Å²) in [5.41, 5.74) is 1.31. The van der Waals surface area contributed by atoms with Gasteiger partial charge in [-0.1, -0.05) is 0 Å². The molecular formula is C16H18N2OS. The first kappa shape index (κ1) is 13.5. The largest absolute Gasteiger partial charge is 0.333 e. The van der Waals surface area contributed by atoms with Crippen molar-refractivity contribution in [3.8, 4) is 6.07 Å². The van der Waals surface area contributed by atoms with Crippen LogP contribution in [-0.4, -0.2) is 34.4 Å². The van der Waals surface area contributed by atoms with E-state index in [1.807, 2.05) is 11.8 Å². The molecule has 4 heteroatoms. The lowest BCUT2D eigenvalue weighted by Gasteiger charge is -2.38. The first-order valence-corrected chi connectivity index (χ1v) is 8.37. The molecule has 0 aliphatic carbocycles. The quantitative estimate of drug-likeness (QED) is 0.839. The molecule has 2 unspecified atom stereocenters. The van der Waals surface area contributed by atoms with Crippen LogP contribution in [0.5, 0.6) is 0 Å². The molecule has 2 aliphatic heterocycles. The third-order valence-electron chi connectivity index (χ3n) is 4.52. The number of benzene rings is 1. The minimum Gasteiger partial charge on any atom is -0.333 e. The van der Waals surface area contributed by atoms with Crippen LogP contribution in [-0.2, 0) is 0 Å². The van der Waals surface area contributed by atoms with Crippen molar-refractivity contribution in [1.82, 2.24) is 4.90 Å². The van der Waals surface area contributed by atoms with Crippen molar-refractivity contribution in [3.05, 3.63) is 35.4 Å². The number of carbonyl (C=O) groups is 1. The number of rotatable bonds is 2. The maximum atomic E-state index is 12.7. The molecule has 20 heavy (non-hydrogen) atoms. The SMILES string of the molecule is CSC1CC2CCC(C1)N2C(=O)c1ccc(C#N)cc1. The summed E-state index contributed by atoms with van der Waals surface area (Å²) in [4.78, 5) is 14.8. The minimum atomic E-state index is 0.140. The van der Waals surface area contributed by atoms with Crippen molar-refractivity contribution in [3.63, 3.8) is 0 Å². The maximum Gasteiger partial charge on any atom is 0.254 e. The first-order valence-electron chi connectivity index (χ1n) is 7.08. The lowest BCUT2D eigenvalue weighted by atomic mass is 10.0. The first-order chi connectivity index (χ1) is 9.72. The zero-order valence-electron chi connectivity index (χ0n) is 11.6. The molecule has 0 radical (unpaired) electrons. The van der Waals surface area contributed by atoms with Crippen LogP contribution in [0.25, 0.3) is 0 Å². The highest BCUT2D eigenvalue weighted by atomic mass is 32.2. The van der Waals surface area contributed by atoms with E-state index in [1.165, 1.54) is 0 Å². The Hall–Kier alpha value is -1.47. The van der Waals surface area contributed by atoms with E-state index in [4.69, 9.17) is 5.26 Å². The van der Waals surface area contributed by atoms with Crippen molar-refractivity contribution >= 4 is 17.7 Å². The minimum absolute atomic E-state index is 0.140. The van der Waals surface area contributed by atoms with Crippen LogP contribution in [0.2, 0.25) is 0 Å². The summed E-state index contributed by atoms with van der Waals surface area (Å²) < 4.78 is 0. The second kappa shape index (κ2) is 5.49. The molecule has 2 fully saturated rings. The number of fused-ring (bicyclic) bond motifs is 2. The Morgan fingerprint density at radius 2 is 1.85 bits per heavy atom. The number of thioether (sulfide) groups is 1. The summed E-state index contributed by atoms with van der Waals surface area (Å²) in [5.74, 6) is 0.140. The molecule has 104 valence electrons. The van der Waals surface area contributed by atoms with E-state index in [0.29, 0.717) is 28.5 Å². The van der Waals surface area contributed by atoms with E-state index in [0.717, 1.165) is 25.7 Å². The molecule has 0 spiro atoms. The Morgan fingerprint density at radius 1 is 1.25 bits per heavy atom. The number of hydrogen-bond donors (Lipinski definition) is 0. The Morgan fingerprint density at radius 3 is 2.35 bits per heavy atom. The third kappa shape index (κ3) is 2.31. The second-order valence-corrected chi connectivity index (χ2v) is 6.75. The second-order valence-electron chi connectivity index (χ2n) is 5.62. The number of hydrogen-bond acceptors (Lipinski definition) is 3. The molecular weight excluding hydrogens is 268 g/mol. The summed E-state index contributed by atoms with van der Waals surface area (Å²) in [5, 5.41) is 9.52. The normalized spacial score (nSPS) is 28.2. The maximum absolute atomic E-state index is 12.7. The van der Waals surface area contributed by atoms with Gasteiger partial charge >= 0.3 is 0 Å². The van der Waals surface area contributed by atoms with Gasteiger partial charge in [0, 0.05) is 22.9 Å². The lowest BCUT2D eigenvalue weighted by molar-refractivity contribution is 0.0601. The molecule has 2 aliphatic rings. The van der Waals surface area contributed by atoms with Gasteiger partial charge in [-0.3, -0.25) is 4.79 Å². The van der Waals surface area contributed by atoms with Crippen LogP contribution in [0.15, 0.2) is 24.3 Å². The average molecular weight is 286 g/mol. The summed E-state index contributed by atoms with van der Waals surface area (Å²) in [6.07, 6.45) is 6.70. The fourth-order valence-corrected chi connectivity index (χ4v) is 4.32. The van der Waals surface area contributed by atoms with Crippen LogP contribution in [0.1, 0.15) is 41.6 Å². The highest BCUT2D eigenvalue weighted by molar-refractivity contribution is 7.99. The molecule has 2 bridgehead atoms. The Labute approximate surface area is 124 Å². The Balaban J connectivity index is 1.79. The molecule has 1 aromatic carbocycles. The van der Waals surface area contributed by atoms with Gasteiger partial charge in [-0.25, -0.2) is 0 Å². The highest BCUT2D eigenvalue weighted by Gasteiger charge is 2.43. The molecule has 0 saturated carbocycles. The molecule has 2 saturated heterocycles. The molecule has 2 atom stereocenters. The van der Waals surface area contributed by atoms with Gasteiger partial charge < -0.3 is 4.90 Å². The van der Waals surface area contributed by atoms with Gasteiger partial charge in [0.25, 0.3) is 5.91 Å². The average Bonchev–Trinajstić information content (AvgIpc) is 2.76. The molecule has 3 nitrogen and oxygen atoms in total.